The summed E-state index contributed by atoms with van der Waals surface area (Å²) in [6.45, 7) is 3.93. The zero-order valence-electron chi connectivity index (χ0n) is 21.8. The third kappa shape index (κ3) is 7.47. The number of amides is 3. The average molecular weight is 527 g/mol. The highest BCUT2D eigenvalue weighted by Crippen LogP contribution is 2.28. The number of piperazine rings is 1. The number of nitrogens with zero attached hydrogens (tertiary/aromatic N) is 1. The normalized spacial score (nSPS) is 19.9. The number of benzene rings is 2. The number of esters is 1. The van der Waals surface area contributed by atoms with E-state index in [1.165, 1.54) is 0 Å². The maximum Gasteiger partial charge on any atom is 0.521 e. The van der Waals surface area contributed by atoms with Gasteiger partial charge in [0.1, 0.15) is 13.2 Å². The van der Waals surface area contributed by atoms with E-state index in [2.05, 4.69) is 10.8 Å². The molecule has 1 unspecified atom stereocenters. The number of carbonyl (C=O) groups is 4. The molecule has 1 aliphatic heterocycles. The summed E-state index contributed by atoms with van der Waals surface area (Å²) < 4.78 is 4.34. The quantitative estimate of drug-likeness (QED) is 0.231. The van der Waals surface area contributed by atoms with Crippen LogP contribution >= 0.6 is 0 Å². The summed E-state index contributed by atoms with van der Waals surface area (Å²) in [5.74, 6) is -2.94. The summed E-state index contributed by atoms with van der Waals surface area (Å²) in [6.07, 6.45) is -1.43. The molecule has 0 spiro atoms. The Hall–Kier alpha value is -3.60. The first-order valence-electron chi connectivity index (χ1n) is 12.8. The highest BCUT2D eigenvalue weighted by molar-refractivity contribution is 5.90. The van der Waals surface area contributed by atoms with Gasteiger partial charge < -0.3 is 15.2 Å². The smallest absolute Gasteiger partial charge is 0.456 e. The fourth-order valence-electron chi connectivity index (χ4n) is 4.69. The van der Waals surface area contributed by atoms with Crippen LogP contribution in [0.5, 0.6) is 0 Å². The van der Waals surface area contributed by atoms with Gasteiger partial charge in [0.2, 0.25) is 11.9 Å². The molecule has 1 fully saturated rings. The van der Waals surface area contributed by atoms with Gasteiger partial charge in [-0.2, -0.15) is 4.79 Å². The highest BCUT2D eigenvalue weighted by atomic mass is 16.6. The highest BCUT2D eigenvalue weighted by Gasteiger charge is 2.58. The summed E-state index contributed by atoms with van der Waals surface area (Å²) >= 11 is 0. The summed E-state index contributed by atoms with van der Waals surface area (Å²) in [5.41, 5.74) is 3.96. The number of hydrogen-bond donors (Lipinski definition) is 3. The van der Waals surface area contributed by atoms with Crippen molar-refractivity contribution in [3.63, 3.8) is 0 Å². The third-order valence-electron chi connectivity index (χ3n) is 6.55. The SMILES string of the molecule is CC(C)C[C@H](CC(=O)NOCc1ccccc1)C(=O)[N@+]1(C(=O)O)CCNCC1C(=O)OCc1ccccc1. The number of ether oxygens (including phenoxy) is 1. The molecule has 3 N–H and O–H groups in total. The van der Waals surface area contributed by atoms with Gasteiger partial charge in [-0.05, 0) is 23.5 Å². The summed E-state index contributed by atoms with van der Waals surface area (Å²) in [6, 6.07) is 17.0. The fraction of sp³-hybridized carbons (Fsp3) is 0.429. The van der Waals surface area contributed by atoms with E-state index in [0.717, 1.165) is 11.1 Å². The lowest BCUT2D eigenvalue weighted by Gasteiger charge is -2.40. The molecule has 3 amide bonds. The second-order valence-electron chi connectivity index (χ2n) is 9.86. The second-order valence-corrected chi connectivity index (χ2v) is 9.86. The molecule has 204 valence electrons. The number of hydroxylamine groups is 1. The summed E-state index contributed by atoms with van der Waals surface area (Å²) in [4.78, 5) is 57.8. The lowest BCUT2D eigenvalue weighted by Crippen LogP contribution is -2.73. The monoisotopic (exact) mass is 526 g/mol. The van der Waals surface area contributed by atoms with E-state index >= 15 is 0 Å². The molecule has 0 aromatic heterocycles. The average Bonchev–Trinajstić information content (AvgIpc) is 2.91. The second kappa shape index (κ2) is 13.8. The van der Waals surface area contributed by atoms with Gasteiger partial charge in [-0.1, -0.05) is 74.5 Å². The largest absolute Gasteiger partial charge is 0.521 e. The molecule has 10 heteroatoms. The topological polar surface area (TPSA) is 131 Å². The summed E-state index contributed by atoms with van der Waals surface area (Å²) in [7, 11) is 0. The number of nitrogens with one attached hydrogen (secondary N) is 2. The van der Waals surface area contributed by atoms with Crippen LogP contribution in [0.4, 0.5) is 4.79 Å². The van der Waals surface area contributed by atoms with E-state index < -0.39 is 40.3 Å². The first-order valence-corrected chi connectivity index (χ1v) is 12.8. The van der Waals surface area contributed by atoms with E-state index in [1.54, 1.807) is 24.3 Å². The van der Waals surface area contributed by atoms with Gasteiger partial charge in [-0.3, -0.25) is 9.63 Å². The van der Waals surface area contributed by atoms with Crippen molar-refractivity contribution >= 4 is 23.9 Å². The van der Waals surface area contributed by atoms with Gasteiger partial charge >= 0.3 is 18.0 Å². The van der Waals surface area contributed by atoms with Crippen LogP contribution in [0.1, 0.15) is 37.8 Å². The van der Waals surface area contributed by atoms with E-state index in [9.17, 15) is 24.3 Å². The molecular weight excluding hydrogens is 490 g/mol. The predicted octanol–water partition coefficient (Wildman–Crippen LogP) is 3.02. The van der Waals surface area contributed by atoms with Crippen LogP contribution in [-0.4, -0.2) is 59.1 Å². The first kappa shape index (κ1) is 29.0. The Morgan fingerprint density at radius 3 is 2.18 bits per heavy atom. The van der Waals surface area contributed by atoms with Crippen LogP contribution in [0.25, 0.3) is 0 Å². The van der Waals surface area contributed by atoms with Gasteiger partial charge in [0.05, 0.1) is 19.1 Å². The van der Waals surface area contributed by atoms with Gasteiger partial charge in [0.25, 0.3) is 0 Å². The molecule has 0 radical (unpaired) electrons. The number of rotatable bonds is 11. The molecule has 1 aliphatic rings. The van der Waals surface area contributed by atoms with Crippen molar-refractivity contribution in [2.24, 2.45) is 11.8 Å². The molecule has 0 bridgehead atoms. The van der Waals surface area contributed by atoms with Crippen LogP contribution in [-0.2, 0) is 37.2 Å². The molecule has 3 atom stereocenters. The van der Waals surface area contributed by atoms with E-state index in [4.69, 9.17) is 9.57 Å². The Balaban J connectivity index is 1.75. The van der Waals surface area contributed by atoms with Crippen molar-refractivity contribution in [3.8, 4) is 0 Å². The molecule has 1 saturated heterocycles. The minimum absolute atomic E-state index is 0.00206. The van der Waals surface area contributed by atoms with E-state index in [1.807, 2.05) is 50.2 Å². The van der Waals surface area contributed by atoms with Crippen molar-refractivity contribution in [1.29, 1.82) is 0 Å². The van der Waals surface area contributed by atoms with Crippen LogP contribution in [0.15, 0.2) is 60.7 Å². The maximum absolute atomic E-state index is 14.0. The van der Waals surface area contributed by atoms with Crippen molar-refractivity contribution in [3.05, 3.63) is 71.8 Å². The molecule has 38 heavy (non-hydrogen) atoms. The van der Waals surface area contributed by atoms with Crippen LogP contribution < -0.4 is 10.8 Å². The lowest BCUT2D eigenvalue weighted by atomic mass is 9.90. The van der Waals surface area contributed by atoms with E-state index in [0.29, 0.717) is 0 Å². The Labute approximate surface area is 222 Å². The molecule has 1 heterocycles. The van der Waals surface area contributed by atoms with Crippen LogP contribution in [0.2, 0.25) is 0 Å². The van der Waals surface area contributed by atoms with Crippen molar-refractivity contribution in [1.82, 2.24) is 10.8 Å². The molecule has 2 aromatic carbocycles. The molecule has 0 saturated carbocycles. The Bertz CT molecular complexity index is 1090. The number of imide groups is 1. The maximum atomic E-state index is 14.0. The Morgan fingerprint density at radius 2 is 1.61 bits per heavy atom. The van der Waals surface area contributed by atoms with Crippen molar-refractivity contribution in [2.45, 2.75) is 45.9 Å². The van der Waals surface area contributed by atoms with Crippen LogP contribution in [0.3, 0.4) is 0 Å². The number of hydrogen-bond acceptors (Lipinski definition) is 7. The Kier molecular flexibility index (Phi) is 10.5. The van der Waals surface area contributed by atoms with Crippen molar-refractivity contribution < 1.29 is 38.3 Å². The van der Waals surface area contributed by atoms with Crippen molar-refractivity contribution in [2.75, 3.05) is 19.6 Å². The number of carboxylic acid groups (broad SMARTS) is 1. The first-order chi connectivity index (χ1) is 18.2. The zero-order chi connectivity index (χ0) is 27.5. The van der Waals surface area contributed by atoms with Gasteiger partial charge in [0.15, 0.2) is 0 Å². The minimum Gasteiger partial charge on any atom is -0.456 e. The van der Waals surface area contributed by atoms with Crippen LogP contribution in [0, 0.1) is 11.8 Å². The van der Waals surface area contributed by atoms with Gasteiger partial charge in [-0.15, -0.1) is 4.48 Å². The number of quaternary nitrogens is 1. The molecule has 3 rings (SSSR count). The summed E-state index contributed by atoms with van der Waals surface area (Å²) in [5, 5.41) is 13.4. The number of carbonyl (C=O) groups excluding carboxylic acids is 3. The minimum atomic E-state index is -1.44. The molecule has 10 nitrogen and oxygen atoms in total. The zero-order valence-corrected chi connectivity index (χ0v) is 21.8. The lowest BCUT2D eigenvalue weighted by molar-refractivity contribution is -0.804. The van der Waals surface area contributed by atoms with E-state index in [-0.39, 0.29) is 51.6 Å². The third-order valence-corrected chi connectivity index (χ3v) is 6.55. The fourth-order valence-corrected chi connectivity index (χ4v) is 4.69. The van der Waals surface area contributed by atoms with Gasteiger partial charge in [-0.25, -0.2) is 15.1 Å². The molecule has 2 aromatic rings. The Morgan fingerprint density at radius 1 is 1.00 bits per heavy atom. The van der Waals surface area contributed by atoms with Gasteiger partial charge in [0, 0.05) is 13.0 Å². The predicted molar refractivity (Wildman–Crippen MR) is 138 cm³/mol. The molecular formula is C28H36N3O7+. The standard InChI is InChI=1S/C28H35N3O7/c1-20(2)15-23(16-25(32)30-38-19-22-11-7-4-8-12-22)26(33)31(28(35)36)14-13-29-17-24(31)27(34)37-18-21-9-5-3-6-10-21/h3-12,20,23-24,29H,13-19H2,1-2H3,(H-,30,32,35,36)/p+1/t23-,24?,31+/m1/s1. The molecule has 0 aliphatic carbocycles.